The quantitative estimate of drug-likeness (QED) is 0.0661. The third-order valence-corrected chi connectivity index (χ3v) is 6.95. The Bertz CT molecular complexity index is 1660. The molecule has 0 bridgehead atoms. The van der Waals surface area contributed by atoms with Gasteiger partial charge >= 0.3 is 6.16 Å². The second-order valence-electron chi connectivity index (χ2n) is 10.6. The number of aromatic nitrogens is 4. The van der Waals surface area contributed by atoms with Crippen LogP contribution in [0, 0.1) is 17.0 Å². The molecule has 0 spiro atoms. The van der Waals surface area contributed by atoms with E-state index in [-0.39, 0.29) is 62.0 Å². The Morgan fingerprint density at radius 2 is 1.66 bits per heavy atom. The van der Waals surface area contributed by atoms with Gasteiger partial charge in [-0.2, -0.15) is 0 Å². The lowest BCUT2D eigenvalue weighted by molar-refractivity contribution is -0.386. The number of ether oxygens (including phenoxy) is 5. The van der Waals surface area contributed by atoms with Crippen LogP contribution in [0.15, 0.2) is 36.4 Å². The van der Waals surface area contributed by atoms with Gasteiger partial charge in [0.05, 0.1) is 43.5 Å². The highest BCUT2D eigenvalue weighted by Gasteiger charge is 2.34. The fourth-order valence-electron chi connectivity index (χ4n) is 4.46. The third kappa shape index (κ3) is 10.5. The highest BCUT2D eigenvalue weighted by atomic mass is 16.8. The summed E-state index contributed by atoms with van der Waals surface area (Å²) in [5.41, 5.74) is 0.258. The van der Waals surface area contributed by atoms with E-state index in [0.29, 0.717) is 42.1 Å². The number of amides is 3. The largest absolute Gasteiger partial charge is 0.534 e. The third-order valence-electron chi connectivity index (χ3n) is 6.95. The van der Waals surface area contributed by atoms with Gasteiger partial charge < -0.3 is 29.0 Å². The SMILES string of the molecule is COc1cc(C(C)OC(=O)ON2C(=O)CCC2=O)c([N+](=O)[O-])cc1OCCCC(=O)NCCOCCOc1ccc(-c2nnc(C)nn2)cc1. The van der Waals surface area contributed by atoms with Crippen LogP contribution in [0.1, 0.15) is 50.1 Å². The predicted octanol–water partition coefficient (Wildman–Crippen LogP) is 2.81. The van der Waals surface area contributed by atoms with E-state index in [0.717, 1.165) is 11.6 Å². The molecule has 266 valence electrons. The Morgan fingerprint density at radius 1 is 0.960 bits per heavy atom. The van der Waals surface area contributed by atoms with Crippen LogP contribution in [0.5, 0.6) is 17.2 Å². The van der Waals surface area contributed by atoms with Gasteiger partial charge in [0.15, 0.2) is 17.3 Å². The molecular weight excluding hydrogens is 662 g/mol. The Morgan fingerprint density at radius 3 is 2.32 bits per heavy atom. The Balaban J connectivity index is 1.13. The summed E-state index contributed by atoms with van der Waals surface area (Å²) in [5.74, 6) is 0.0369. The number of imide groups is 1. The topological polar surface area (TPSA) is 234 Å². The first kappa shape index (κ1) is 36.8. The van der Waals surface area contributed by atoms with Crippen molar-refractivity contribution in [3.05, 3.63) is 57.9 Å². The Labute approximate surface area is 285 Å². The zero-order valence-corrected chi connectivity index (χ0v) is 27.5. The molecule has 3 amide bonds. The van der Waals surface area contributed by atoms with Crippen molar-refractivity contribution in [1.82, 2.24) is 30.8 Å². The molecule has 1 saturated heterocycles. The molecule has 19 heteroatoms. The van der Waals surface area contributed by atoms with Gasteiger partial charge in [0.2, 0.25) is 11.7 Å². The molecule has 0 saturated carbocycles. The molecule has 2 aromatic carbocycles. The molecule has 1 atom stereocenters. The monoisotopic (exact) mass is 697 g/mol. The number of hydroxylamine groups is 2. The van der Waals surface area contributed by atoms with E-state index in [9.17, 15) is 29.3 Å². The minimum atomic E-state index is -1.39. The fourth-order valence-corrected chi connectivity index (χ4v) is 4.46. The zero-order chi connectivity index (χ0) is 36.0. The average Bonchev–Trinajstić information content (AvgIpc) is 3.41. The Kier molecular flexibility index (Phi) is 13.2. The second kappa shape index (κ2) is 18.0. The van der Waals surface area contributed by atoms with Crippen LogP contribution in [0.4, 0.5) is 10.5 Å². The standard InChI is InChI=1S/C31H35N7O12/c1-19(49-31(42)50-37-28(40)10-11-29(37)41)23-17-25(45-3)26(18-24(23)38(43)44)48-13-4-5-27(39)32-12-14-46-15-16-47-22-8-6-21(7-9-22)30-35-33-20(2)34-36-30/h6-9,17-19H,4-5,10-16H2,1-3H3,(H,32,39). The van der Waals surface area contributed by atoms with E-state index < -0.39 is 34.7 Å². The molecule has 50 heavy (non-hydrogen) atoms. The maximum Gasteiger partial charge on any atom is 0.534 e. The van der Waals surface area contributed by atoms with E-state index in [1.165, 1.54) is 20.1 Å². The smallest absolute Gasteiger partial charge is 0.493 e. The van der Waals surface area contributed by atoms with Crippen molar-refractivity contribution in [3.8, 4) is 28.6 Å². The average molecular weight is 698 g/mol. The number of nitrogens with one attached hydrogen (secondary N) is 1. The van der Waals surface area contributed by atoms with E-state index in [1.54, 1.807) is 31.2 Å². The molecule has 1 aliphatic rings. The highest BCUT2D eigenvalue weighted by Crippen LogP contribution is 2.38. The molecule has 1 aromatic heterocycles. The van der Waals surface area contributed by atoms with E-state index >= 15 is 0 Å². The van der Waals surface area contributed by atoms with Crippen molar-refractivity contribution in [2.24, 2.45) is 0 Å². The number of nitrogens with zero attached hydrogens (tertiary/aromatic N) is 6. The number of nitro benzene ring substituents is 1. The summed E-state index contributed by atoms with van der Waals surface area (Å²) in [4.78, 5) is 63.5. The molecule has 4 rings (SSSR count). The Hall–Kier alpha value is -5.98. The molecule has 19 nitrogen and oxygen atoms in total. The number of benzene rings is 2. The van der Waals surface area contributed by atoms with Crippen molar-refractivity contribution in [1.29, 1.82) is 0 Å². The summed E-state index contributed by atoms with van der Waals surface area (Å²) in [6, 6.07) is 9.53. The lowest BCUT2D eigenvalue weighted by atomic mass is 10.1. The summed E-state index contributed by atoms with van der Waals surface area (Å²) in [5, 5.41) is 30.6. The minimum Gasteiger partial charge on any atom is -0.493 e. The van der Waals surface area contributed by atoms with Crippen LogP contribution in [-0.4, -0.2) is 94.3 Å². The molecule has 3 aromatic rings. The number of hydrogen-bond donors (Lipinski definition) is 1. The maximum atomic E-state index is 12.2. The first-order valence-corrected chi connectivity index (χ1v) is 15.4. The number of rotatable bonds is 18. The molecule has 2 heterocycles. The van der Waals surface area contributed by atoms with Crippen LogP contribution in [0.25, 0.3) is 11.4 Å². The number of methoxy groups -OCH3 is 1. The highest BCUT2D eigenvalue weighted by molar-refractivity contribution is 6.01. The van der Waals surface area contributed by atoms with Gasteiger partial charge in [0.1, 0.15) is 18.5 Å². The van der Waals surface area contributed by atoms with Gasteiger partial charge in [-0.25, -0.2) is 4.79 Å². The van der Waals surface area contributed by atoms with Gasteiger partial charge in [-0.1, -0.05) is 5.06 Å². The lowest BCUT2D eigenvalue weighted by Gasteiger charge is -2.18. The molecule has 1 aliphatic heterocycles. The predicted molar refractivity (Wildman–Crippen MR) is 169 cm³/mol. The molecule has 1 unspecified atom stereocenters. The maximum absolute atomic E-state index is 12.2. The summed E-state index contributed by atoms with van der Waals surface area (Å²) < 4.78 is 27.2. The number of nitro groups is 1. The molecule has 0 radical (unpaired) electrons. The van der Waals surface area contributed by atoms with Crippen LogP contribution >= 0.6 is 0 Å². The second-order valence-corrected chi connectivity index (χ2v) is 10.6. The molecular formula is C31H35N7O12. The lowest BCUT2D eigenvalue weighted by Crippen LogP contribution is -2.32. The van der Waals surface area contributed by atoms with Crippen LogP contribution in [0.3, 0.4) is 0 Å². The van der Waals surface area contributed by atoms with E-state index in [4.69, 9.17) is 23.7 Å². The van der Waals surface area contributed by atoms with E-state index in [2.05, 4.69) is 30.5 Å². The van der Waals surface area contributed by atoms with E-state index in [1.807, 2.05) is 0 Å². The van der Waals surface area contributed by atoms with Crippen molar-refractivity contribution < 1.29 is 52.6 Å². The van der Waals surface area contributed by atoms with Gasteiger partial charge in [-0.05, 0) is 50.6 Å². The first-order valence-electron chi connectivity index (χ1n) is 15.4. The van der Waals surface area contributed by atoms with Crippen molar-refractivity contribution in [2.75, 3.05) is 40.1 Å². The summed E-state index contributed by atoms with van der Waals surface area (Å²) in [7, 11) is 1.32. The summed E-state index contributed by atoms with van der Waals surface area (Å²) >= 11 is 0. The fraction of sp³-hybridized carbons (Fsp3) is 0.419. The first-order chi connectivity index (χ1) is 24.0. The van der Waals surface area contributed by atoms with Gasteiger partial charge in [0, 0.05) is 31.4 Å². The van der Waals surface area contributed by atoms with Crippen molar-refractivity contribution in [3.63, 3.8) is 0 Å². The van der Waals surface area contributed by atoms with Gasteiger partial charge in [0.25, 0.3) is 17.5 Å². The number of hydrogen-bond acceptors (Lipinski definition) is 16. The number of carbonyl (C=O) groups excluding carboxylic acids is 4. The van der Waals surface area contributed by atoms with Crippen LogP contribution in [-0.2, 0) is 28.7 Å². The van der Waals surface area contributed by atoms with Crippen molar-refractivity contribution >= 4 is 29.6 Å². The summed E-state index contributed by atoms with van der Waals surface area (Å²) in [6.45, 7) is 4.26. The zero-order valence-electron chi connectivity index (χ0n) is 27.5. The van der Waals surface area contributed by atoms with Gasteiger partial charge in [-0.15, -0.1) is 20.4 Å². The molecule has 1 N–H and O–H groups in total. The number of carbonyl (C=O) groups is 4. The van der Waals surface area contributed by atoms with Crippen LogP contribution < -0.4 is 19.5 Å². The summed E-state index contributed by atoms with van der Waals surface area (Å²) in [6.07, 6.45) is -2.42. The van der Waals surface area contributed by atoms with Gasteiger partial charge in [-0.3, -0.25) is 29.3 Å². The molecule has 1 fully saturated rings. The van der Waals surface area contributed by atoms with Crippen LogP contribution in [0.2, 0.25) is 0 Å². The normalized spacial score (nSPS) is 13.1. The minimum absolute atomic E-state index is 0.0350. The number of aryl methyl sites for hydroxylation is 1. The van der Waals surface area contributed by atoms with Crippen molar-refractivity contribution in [2.45, 2.75) is 45.6 Å². The molecule has 0 aliphatic carbocycles.